The van der Waals surface area contributed by atoms with Gasteiger partial charge < -0.3 is 5.32 Å². The molecule has 20 heavy (non-hydrogen) atoms. The van der Waals surface area contributed by atoms with Gasteiger partial charge >= 0.3 is 0 Å². The van der Waals surface area contributed by atoms with Crippen molar-refractivity contribution in [3.63, 3.8) is 0 Å². The number of hydrogen-bond acceptors (Lipinski definition) is 4. The fourth-order valence-electron chi connectivity index (χ4n) is 2.74. The highest BCUT2D eigenvalue weighted by Gasteiger charge is 2.21. The van der Waals surface area contributed by atoms with E-state index < -0.39 is 0 Å². The summed E-state index contributed by atoms with van der Waals surface area (Å²) in [6, 6.07) is 0.320. The first-order chi connectivity index (χ1) is 9.61. The maximum atomic E-state index is 12.6. The summed E-state index contributed by atoms with van der Waals surface area (Å²) in [5.41, 5.74) is 1.36. The predicted octanol–water partition coefficient (Wildman–Crippen LogP) is 3.08. The molecule has 1 N–H and O–H groups in total. The largest absolute Gasteiger partial charge is 0.353 e. The second-order valence-electron chi connectivity index (χ2n) is 5.64. The fraction of sp³-hybridized carbons (Fsp3) is 0.600. The van der Waals surface area contributed by atoms with Crippen LogP contribution < -0.4 is 10.9 Å². The molecule has 4 nitrogen and oxygen atoms in total. The van der Waals surface area contributed by atoms with Gasteiger partial charge in [0, 0.05) is 18.0 Å². The summed E-state index contributed by atoms with van der Waals surface area (Å²) in [6.45, 7) is 4.23. The molecule has 2 heterocycles. The number of nitrogens with zero attached hydrogens (tertiary/aromatic N) is 2. The van der Waals surface area contributed by atoms with Gasteiger partial charge in [-0.2, -0.15) is 0 Å². The zero-order chi connectivity index (χ0) is 14.3. The van der Waals surface area contributed by atoms with Crippen molar-refractivity contribution in [2.45, 2.75) is 52.0 Å². The Hall–Kier alpha value is -1.36. The van der Waals surface area contributed by atoms with Gasteiger partial charge in [-0.05, 0) is 44.6 Å². The molecule has 0 radical (unpaired) electrons. The van der Waals surface area contributed by atoms with E-state index in [1.807, 2.05) is 7.05 Å². The number of aryl methyl sites for hydroxylation is 2. The molecule has 0 fully saturated rings. The van der Waals surface area contributed by atoms with Crippen molar-refractivity contribution in [1.82, 2.24) is 9.55 Å². The van der Waals surface area contributed by atoms with Gasteiger partial charge in [-0.25, -0.2) is 4.98 Å². The SMILES string of the molecule is CCC(C)Nc1nc2sc3c(c2c(=O)n1C)CCCC3. The van der Waals surface area contributed by atoms with Gasteiger partial charge in [-0.3, -0.25) is 9.36 Å². The van der Waals surface area contributed by atoms with Crippen LogP contribution in [-0.2, 0) is 19.9 Å². The molecule has 0 saturated carbocycles. The molecule has 0 saturated heterocycles. The van der Waals surface area contributed by atoms with Crippen molar-refractivity contribution < 1.29 is 0 Å². The Morgan fingerprint density at radius 2 is 2.15 bits per heavy atom. The smallest absolute Gasteiger partial charge is 0.263 e. The van der Waals surface area contributed by atoms with Crippen LogP contribution in [0.15, 0.2) is 4.79 Å². The molecule has 0 spiro atoms. The van der Waals surface area contributed by atoms with Crippen molar-refractivity contribution in [1.29, 1.82) is 0 Å². The average Bonchev–Trinajstić information content (AvgIpc) is 2.82. The molecule has 0 bridgehead atoms. The lowest BCUT2D eigenvalue weighted by atomic mass is 9.97. The van der Waals surface area contributed by atoms with Gasteiger partial charge in [0.2, 0.25) is 5.95 Å². The van der Waals surface area contributed by atoms with E-state index in [4.69, 9.17) is 4.98 Å². The standard InChI is InChI=1S/C15H21N3OS/c1-4-9(2)16-15-17-13-12(14(19)18(15)3)10-7-5-6-8-11(10)20-13/h9H,4-8H2,1-3H3,(H,16,17). The molecule has 0 aliphatic heterocycles. The number of thiophene rings is 1. The van der Waals surface area contributed by atoms with Crippen LogP contribution in [0.2, 0.25) is 0 Å². The number of anilines is 1. The van der Waals surface area contributed by atoms with E-state index in [0.29, 0.717) is 12.0 Å². The zero-order valence-corrected chi connectivity index (χ0v) is 13.1. The highest BCUT2D eigenvalue weighted by atomic mass is 32.1. The number of fused-ring (bicyclic) bond motifs is 3. The van der Waals surface area contributed by atoms with Crippen LogP contribution in [0.4, 0.5) is 5.95 Å². The lowest BCUT2D eigenvalue weighted by Gasteiger charge is -2.15. The first-order valence-electron chi connectivity index (χ1n) is 7.39. The minimum Gasteiger partial charge on any atom is -0.353 e. The Balaban J connectivity index is 2.17. The van der Waals surface area contributed by atoms with E-state index in [-0.39, 0.29) is 5.56 Å². The molecule has 5 heteroatoms. The van der Waals surface area contributed by atoms with Crippen molar-refractivity contribution >= 4 is 27.5 Å². The highest BCUT2D eigenvalue weighted by Crippen LogP contribution is 2.34. The van der Waals surface area contributed by atoms with Gasteiger partial charge in [0.25, 0.3) is 5.56 Å². The van der Waals surface area contributed by atoms with Gasteiger partial charge in [-0.15, -0.1) is 11.3 Å². The highest BCUT2D eigenvalue weighted by molar-refractivity contribution is 7.18. The molecular weight excluding hydrogens is 270 g/mol. The molecule has 1 aliphatic carbocycles. The second kappa shape index (κ2) is 5.20. The van der Waals surface area contributed by atoms with E-state index in [0.717, 1.165) is 29.5 Å². The number of nitrogens with one attached hydrogen (secondary N) is 1. The molecule has 1 unspecified atom stereocenters. The Bertz CT molecular complexity index is 701. The van der Waals surface area contributed by atoms with E-state index in [1.54, 1.807) is 15.9 Å². The van der Waals surface area contributed by atoms with Gasteiger partial charge in [0.15, 0.2) is 0 Å². The lowest BCUT2D eigenvalue weighted by Crippen LogP contribution is -2.26. The van der Waals surface area contributed by atoms with E-state index >= 15 is 0 Å². The monoisotopic (exact) mass is 291 g/mol. The topological polar surface area (TPSA) is 46.9 Å². The van der Waals surface area contributed by atoms with Crippen LogP contribution in [0.25, 0.3) is 10.2 Å². The molecule has 0 amide bonds. The summed E-state index contributed by atoms with van der Waals surface area (Å²) in [5, 5.41) is 4.19. The summed E-state index contributed by atoms with van der Waals surface area (Å²) < 4.78 is 1.66. The third kappa shape index (κ3) is 2.14. The molecule has 108 valence electrons. The molecule has 2 aromatic heterocycles. The number of rotatable bonds is 3. The second-order valence-corrected chi connectivity index (χ2v) is 6.73. The summed E-state index contributed by atoms with van der Waals surface area (Å²) in [5.74, 6) is 0.690. The van der Waals surface area contributed by atoms with Crippen molar-refractivity contribution in [3.05, 3.63) is 20.8 Å². The van der Waals surface area contributed by atoms with Crippen molar-refractivity contribution in [3.8, 4) is 0 Å². The molecule has 1 aliphatic rings. The summed E-state index contributed by atoms with van der Waals surface area (Å²) in [6.07, 6.45) is 5.57. The molecule has 0 aromatic carbocycles. The predicted molar refractivity (Wildman–Crippen MR) is 84.9 cm³/mol. The number of hydrogen-bond donors (Lipinski definition) is 1. The summed E-state index contributed by atoms with van der Waals surface area (Å²) in [4.78, 5) is 19.6. The third-order valence-corrected chi connectivity index (χ3v) is 5.37. The number of aromatic nitrogens is 2. The maximum absolute atomic E-state index is 12.6. The lowest BCUT2D eigenvalue weighted by molar-refractivity contribution is 0.698. The van der Waals surface area contributed by atoms with Crippen LogP contribution in [-0.4, -0.2) is 15.6 Å². The van der Waals surface area contributed by atoms with Crippen LogP contribution in [0, 0.1) is 0 Å². The van der Waals surface area contributed by atoms with Gasteiger partial charge in [0.05, 0.1) is 5.39 Å². The molecule has 1 atom stereocenters. The van der Waals surface area contributed by atoms with Crippen LogP contribution in [0.3, 0.4) is 0 Å². The Kier molecular flexibility index (Phi) is 3.54. The quantitative estimate of drug-likeness (QED) is 0.945. The minimum atomic E-state index is 0.0974. The molecule has 2 aromatic rings. The third-order valence-electron chi connectivity index (χ3n) is 4.18. The Morgan fingerprint density at radius 3 is 2.90 bits per heavy atom. The normalized spacial score (nSPS) is 16.1. The van der Waals surface area contributed by atoms with Crippen molar-refractivity contribution in [2.75, 3.05) is 5.32 Å². The van der Waals surface area contributed by atoms with Gasteiger partial charge in [0.1, 0.15) is 4.83 Å². The minimum absolute atomic E-state index is 0.0974. The maximum Gasteiger partial charge on any atom is 0.263 e. The summed E-state index contributed by atoms with van der Waals surface area (Å²) in [7, 11) is 1.81. The van der Waals surface area contributed by atoms with Crippen LogP contribution in [0.5, 0.6) is 0 Å². The zero-order valence-electron chi connectivity index (χ0n) is 12.3. The van der Waals surface area contributed by atoms with E-state index in [9.17, 15) is 4.79 Å². The molecular formula is C15H21N3OS. The van der Waals surface area contributed by atoms with E-state index in [1.165, 1.54) is 23.3 Å². The fourth-order valence-corrected chi connectivity index (χ4v) is 3.99. The Labute approximate surface area is 122 Å². The van der Waals surface area contributed by atoms with Crippen LogP contribution in [0.1, 0.15) is 43.6 Å². The van der Waals surface area contributed by atoms with E-state index in [2.05, 4.69) is 19.2 Å². The van der Waals surface area contributed by atoms with Gasteiger partial charge in [-0.1, -0.05) is 6.92 Å². The first kappa shape index (κ1) is 13.6. The first-order valence-corrected chi connectivity index (χ1v) is 8.21. The average molecular weight is 291 g/mol. The summed E-state index contributed by atoms with van der Waals surface area (Å²) >= 11 is 1.71. The molecule has 3 rings (SSSR count). The van der Waals surface area contributed by atoms with Crippen molar-refractivity contribution in [2.24, 2.45) is 7.05 Å². The van der Waals surface area contributed by atoms with Crippen LogP contribution >= 0.6 is 11.3 Å². The Morgan fingerprint density at radius 1 is 1.40 bits per heavy atom.